The normalized spacial score (nSPS) is 18.6. The summed E-state index contributed by atoms with van der Waals surface area (Å²) in [5, 5.41) is 3.59. The maximum atomic E-state index is 3.59. The van der Waals surface area contributed by atoms with Gasteiger partial charge in [0, 0.05) is 15.7 Å². The highest BCUT2D eigenvalue weighted by atomic mass is 127. The largest absolute Gasteiger partial charge is 0.307 e. The molecule has 70 valence electrons. The van der Waals surface area contributed by atoms with Gasteiger partial charge in [-0.2, -0.15) is 0 Å². The Morgan fingerprint density at radius 3 is 2.46 bits per heavy atom. The van der Waals surface area contributed by atoms with Crippen LogP contribution in [0.25, 0.3) is 0 Å². The zero-order chi connectivity index (χ0) is 9.26. The molecular formula is C11H14IN. The Morgan fingerprint density at radius 1 is 1.31 bits per heavy atom. The summed E-state index contributed by atoms with van der Waals surface area (Å²) < 4.78 is 1.31. The van der Waals surface area contributed by atoms with Gasteiger partial charge < -0.3 is 5.32 Å². The smallest absolute Gasteiger partial charge is 0.0294 e. The van der Waals surface area contributed by atoms with Crippen LogP contribution in [0.5, 0.6) is 0 Å². The summed E-state index contributed by atoms with van der Waals surface area (Å²) in [5.74, 6) is 0. The van der Waals surface area contributed by atoms with Crippen molar-refractivity contribution in [3.05, 3.63) is 33.4 Å². The molecule has 1 nitrogen and oxygen atoms in total. The highest BCUT2D eigenvalue weighted by Gasteiger charge is 2.22. The third kappa shape index (κ3) is 2.68. The Bertz CT molecular complexity index is 277. The lowest BCUT2D eigenvalue weighted by atomic mass is 10.1. The second kappa shape index (κ2) is 3.96. The van der Waals surface area contributed by atoms with E-state index in [0.717, 1.165) is 6.04 Å². The molecule has 1 aromatic rings. The van der Waals surface area contributed by atoms with Crippen molar-refractivity contribution in [1.29, 1.82) is 0 Å². The monoisotopic (exact) mass is 287 g/mol. The maximum Gasteiger partial charge on any atom is 0.0294 e. The first-order valence-corrected chi connectivity index (χ1v) is 5.85. The molecular weight excluding hydrogens is 273 g/mol. The van der Waals surface area contributed by atoms with Gasteiger partial charge in [0.1, 0.15) is 0 Å². The van der Waals surface area contributed by atoms with Crippen LogP contribution in [0.2, 0.25) is 0 Å². The van der Waals surface area contributed by atoms with Crippen molar-refractivity contribution < 1.29 is 0 Å². The van der Waals surface area contributed by atoms with E-state index >= 15 is 0 Å². The van der Waals surface area contributed by atoms with Gasteiger partial charge in [-0.1, -0.05) is 12.1 Å². The lowest BCUT2D eigenvalue weighted by molar-refractivity contribution is 0.571. The first-order valence-electron chi connectivity index (χ1n) is 4.77. The molecule has 13 heavy (non-hydrogen) atoms. The predicted octanol–water partition coefficient (Wildman–Crippen LogP) is 3.10. The Hall–Kier alpha value is -0.0900. The molecule has 0 radical (unpaired) electrons. The second-order valence-corrected chi connectivity index (χ2v) is 4.96. The van der Waals surface area contributed by atoms with E-state index in [1.807, 2.05) is 0 Å². The lowest BCUT2D eigenvalue weighted by Gasteiger charge is -2.13. The van der Waals surface area contributed by atoms with Crippen molar-refractivity contribution in [2.45, 2.75) is 31.8 Å². The van der Waals surface area contributed by atoms with Crippen molar-refractivity contribution >= 4 is 22.6 Å². The summed E-state index contributed by atoms with van der Waals surface area (Å²) in [6, 6.07) is 10.0. The topological polar surface area (TPSA) is 12.0 Å². The summed E-state index contributed by atoms with van der Waals surface area (Å²) in [4.78, 5) is 0. The van der Waals surface area contributed by atoms with Gasteiger partial charge in [0.15, 0.2) is 0 Å². The molecule has 1 saturated carbocycles. The van der Waals surface area contributed by atoms with Gasteiger partial charge in [-0.15, -0.1) is 0 Å². The second-order valence-electron chi connectivity index (χ2n) is 3.71. The SMILES string of the molecule is CC(NC1CC1)c1ccc(I)cc1. The van der Waals surface area contributed by atoms with Crippen LogP contribution in [0.4, 0.5) is 0 Å². The van der Waals surface area contributed by atoms with Gasteiger partial charge >= 0.3 is 0 Å². The van der Waals surface area contributed by atoms with Crippen LogP contribution in [0, 0.1) is 3.57 Å². The van der Waals surface area contributed by atoms with Gasteiger partial charge in [-0.3, -0.25) is 0 Å². The molecule has 1 aromatic carbocycles. The van der Waals surface area contributed by atoms with Gasteiger partial charge in [-0.25, -0.2) is 0 Å². The minimum Gasteiger partial charge on any atom is -0.307 e. The maximum absolute atomic E-state index is 3.59. The number of hydrogen-bond donors (Lipinski definition) is 1. The van der Waals surface area contributed by atoms with Gasteiger partial charge in [0.25, 0.3) is 0 Å². The first kappa shape index (κ1) is 9.46. The van der Waals surface area contributed by atoms with E-state index in [9.17, 15) is 0 Å². The van der Waals surface area contributed by atoms with Crippen molar-refractivity contribution in [1.82, 2.24) is 5.32 Å². The van der Waals surface area contributed by atoms with E-state index in [1.165, 1.54) is 22.0 Å². The van der Waals surface area contributed by atoms with Crippen LogP contribution in [-0.4, -0.2) is 6.04 Å². The van der Waals surface area contributed by atoms with E-state index in [1.54, 1.807) is 0 Å². The summed E-state index contributed by atoms with van der Waals surface area (Å²) in [6.07, 6.45) is 2.71. The van der Waals surface area contributed by atoms with Crippen LogP contribution in [-0.2, 0) is 0 Å². The Kier molecular flexibility index (Phi) is 2.89. The molecule has 1 atom stereocenters. The molecule has 0 aromatic heterocycles. The molecule has 1 aliphatic rings. The molecule has 1 aliphatic carbocycles. The zero-order valence-electron chi connectivity index (χ0n) is 7.76. The van der Waals surface area contributed by atoms with Crippen LogP contribution in [0.15, 0.2) is 24.3 Å². The van der Waals surface area contributed by atoms with Crippen molar-refractivity contribution in [2.24, 2.45) is 0 Å². The summed E-state index contributed by atoms with van der Waals surface area (Å²) in [7, 11) is 0. The first-order chi connectivity index (χ1) is 6.25. The standard InChI is InChI=1S/C11H14IN/c1-8(13-11-6-7-11)9-2-4-10(12)5-3-9/h2-5,8,11,13H,6-7H2,1H3. The molecule has 0 spiro atoms. The highest BCUT2D eigenvalue weighted by molar-refractivity contribution is 14.1. The number of hydrogen-bond acceptors (Lipinski definition) is 1. The van der Waals surface area contributed by atoms with E-state index in [-0.39, 0.29) is 0 Å². The van der Waals surface area contributed by atoms with Crippen LogP contribution in [0.3, 0.4) is 0 Å². The van der Waals surface area contributed by atoms with Crippen molar-refractivity contribution in [3.8, 4) is 0 Å². The minimum atomic E-state index is 0.504. The fourth-order valence-electron chi connectivity index (χ4n) is 1.45. The number of rotatable bonds is 3. The highest BCUT2D eigenvalue weighted by Crippen LogP contribution is 2.24. The summed E-state index contributed by atoms with van der Waals surface area (Å²) >= 11 is 2.34. The Morgan fingerprint density at radius 2 is 1.92 bits per heavy atom. The number of benzene rings is 1. The number of nitrogens with one attached hydrogen (secondary N) is 1. The molecule has 2 rings (SSSR count). The van der Waals surface area contributed by atoms with Crippen LogP contribution >= 0.6 is 22.6 Å². The Labute approximate surface area is 93.1 Å². The summed E-state index contributed by atoms with van der Waals surface area (Å²) in [6.45, 7) is 2.24. The van der Waals surface area contributed by atoms with Crippen LogP contribution in [0.1, 0.15) is 31.4 Å². The third-order valence-electron chi connectivity index (χ3n) is 2.43. The average Bonchev–Trinajstić information content (AvgIpc) is 2.89. The fourth-order valence-corrected chi connectivity index (χ4v) is 1.81. The van der Waals surface area contributed by atoms with E-state index in [4.69, 9.17) is 0 Å². The zero-order valence-corrected chi connectivity index (χ0v) is 9.91. The Balaban J connectivity index is 2.01. The van der Waals surface area contributed by atoms with Crippen LogP contribution < -0.4 is 5.32 Å². The molecule has 0 bridgehead atoms. The molecule has 0 heterocycles. The lowest BCUT2D eigenvalue weighted by Crippen LogP contribution is -2.20. The molecule has 1 N–H and O–H groups in total. The quantitative estimate of drug-likeness (QED) is 0.842. The van der Waals surface area contributed by atoms with Gasteiger partial charge in [0.05, 0.1) is 0 Å². The van der Waals surface area contributed by atoms with E-state index in [2.05, 4.69) is 59.1 Å². The molecule has 0 saturated heterocycles. The van der Waals surface area contributed by atoms with E-state index in [0.29, 0.717) is 6.04 Å². The average molecular weight is 287 g/mol. The van der Waals surface area contributed by atoms with E-state index < -0.39 is 0 Å². The van der Waals surface area contributed by atoms with Gasteiger partial charge in [0.2, 0.25) is 0 Å². The molecule has 2 heteroatoms. The molecule has 1 unspecified atom stereocenters. The van der Waals surface area contributed by atoms with Crippen molar-refractivity contribution in [3.63, 3.8) is 0 Å². The third-order valence-corrected chi connectivity index (χ3v) is 3.15. The molecule has 0 amide bonds. The molecule has 1 fully saturated rings. The van der Waals surface area contributed by atoms with Crippen molar-refractivity contribution in [2.75, 3.05) is 0 Å². The summed E-state index contributed by atoms with van der Waals surface area (Å²) in [5.41, 5.74) is 1.40. The minimum absolute atomic E-state index is 0.504. The fraction of sp³-hybridized carbons (Fsp3) is 0.455. The molecule has 0 aliphatic heterocycles. The predicted molar refractivity (Wildman–Crippen MR) is 63.7 cm³/mol. The number of halogens is 1. The van der Waals surface area contributed by atoms with Gasteiger partial charge in [-0.05, 0) is 60.1 Å².